The van der Waals surface area contributed by atoms with Gasteiger partial charge in [0.25, 0.3) is 0 Å². The summed E-state index contributed by atoms with van der Waals surface area (Å²) in [6.45, 7) is 0. The summed E-state index contributed by atoms with van der Waals surface area (Å²) in [7, 11) is 0. The van der Waals surface area contributed by atoms with Crippen molar-refractivity contribution in [3.63, 3.8) is 0 Å². The second-order valence-corrected chi connectivity index (χ2v) is 3.45. The molecule has 0 heterocycles. The third-order valence-corrected chi connectivity index (χ3v) is 2.32. The summed E-state index contributed by atoms with van der Waals surface area (Å²) in [4.78, 5) is 0. The maximum Gasteiger partial charge on any atom is 0.0998 e. The van der Waals surface area contributed by atoms with Crippen LogP contribution in [0.4, 0.5) is 0 Å². The summed E-state index contributed by atoms with van der Waals surface area (Å²) in [6, 6.07) is 21.8. The minimum Gasteiger partial charge on any atom is -0.192 e. The summed E-state index contributed by atoms with van der Waals surface area (Å²) in [6.07, 6.45) is 1.90. The topological polar surface area (TPSA) is 23.8 Å². The van der Waals surface area contributed by atoms with Crippen molar-refractivity contribution in [3.05, 3.63) is 71.8 Å². The number of allylic oxidation sites excluding steroid dienone is 1. The van der Waals surface area contributed by atoms with Crippen LogP contribution in [0.15, 0.2) is 60.7 Å². The van der Waals surface area contributed by atoms with Gasteiger partial charge in [0.15, 0.2) is 0 Å². The smallest absolute Gasteiger partial charge is 0.0998 e. The van der Waals surface area contributed by atoms with Crippen LogP contribution in [0.3, 0.4) is 0 Å². The first-order chi connectivity index (χ1) is 7.90. The van der Waals surface area contributed by atoms with Crippen LogP contribution < -0.4 is 0 Å². The molecule has 0 unspecified atom stereocenters. The Morgan fingerprint density at radius 2 is 1.41 bits per heavy atom. The van der Waals surface area contributed by atoms with E-state index in [0.29, 0.717) is 5.57 Å². The van der Waals surface area contributed by atoms with E-state index < -0.39 is 0 Å². The van der Waals surface area contributed by atoms with Crippen molar-refractivity contribution in [3.8, 4) is 6.07 Å². The molecule has 0 atom stereocenters. The molecular formula is C15H11FeN. The minimum absolute atomic E-state index is 0. The zero-order chi connectivity index (χ0) is 11.2. The van der Waals surface area contributed by atoms with Crippen molar-refractivity contribution in [1.29, 1.82) is 5.26 Å². The Labute approximate surface area is 112 Å². The summed E-state index contributed by atoms with van der Waals surface area (Å²) >= 11 is 0. The Hall–Kier alpha value is -1.81. The Balaban J connectivity index is 0.00000144. The van der Waals surface area contributed by atoms with Gasteiger partial charge in [-0.1, -0.05) is 60.7 Å². The Bertz CT molecular complexity index is 524. The molecule has 84 valence electrons. The Morgan fingerprint density at radius 3 is 1.94 bits per heavy atom. The van der Waals surface area contributed by atoms with Gasteiger partial charge in [0.05, 0.1) is 11.6 Å². The fourth-order valence-corrected chi connectivity index (χ4v) is 1.51. The summed E-state index contributed by atoms with van der Waals surface area (Å²) in [5.41, 5.74) is 2.68. The first-order valence-corrected chi connectivity index (χ1v) is 5.12. The van der Waals surface area contributed by atoms with E-state index in [-0.39, 0.29) is 17.1 Å². The largest absolute Gasteiger partial charge is 0.192 e. The van der Waals surface area contributed by atoms with Crippen LogP contribution in [0.2, 0.25) is 0 Å². The number of hydrogen-bond donors (Lipinski definition) is 0. The third-order valence-electron chi connectivity index (χ3n) is 2.32. The quantitative estimate of drug-likeness (QED) is 0.459. The maximum absolute atomic E-state index is 9.12. The van der Waals surface area contributed by atoms with Crippen LogP contribution in [-0.4, -0.2) is 0 Å². The Kier molecular flexibility index (Phi) is 5.23. The molecule has 2 heteroatoms. The second-order valence-electron chi connectivity index (χ2n) is 3.45. The van der Waals surface area contributed by atoms with Crippen LogP contribution in [0.5, 0.6) is 0 Å². The van der Waals surface area contributed by atoms with Crippen LogP contribution in [0, 0.1) is 11.3 Å². The molecule has 0 aliphatic rings. The molecule has 1 nitrogen and oxygen atoms in total. The van der Waals surface area contributed by atoms with E-state index in [9.17, 15) is 0 Å². The second kappa shape index (κ2) is 6.70. The van der Waals surface area contributed by atoms with E-state index in [1.165, 1.54) is 0 Å². The molecule has 0 fully saturated rings. The number of nitriles is 1. The Morgan fingerprint density at radius 1 is 0.882 bits per heavy atom. The summed E-state index contributed by atoms with van der Waals surface area (Å²) in [5.74, 6) is 0. The molecule has 2 aromatic rings. The molecule has 0 aliphatic carbocycles. The molecule has 0 saturated heterocycles. The average molecular weight is 261 g/mol. The zero-order valence-electron chi connectivity index (χ0n) is 9.15. The van der Waals surface area contributed by atoms with Gasteiger partial charge in [-0.15, -0.1) is 0 Å². The van der Waals surface area contributed by atoms with Crippen LogP contribution in [0.25, 0.3) is 11.6 Å². The van der Waals surface area contributed by atoms with Gasteiger partial charge in [-0.2, -0.15) is 5.26 Å². The molecule has 0 spiro atoms. The van der Waals surface area contributed by atoms with Crippen molar-refractivity contribution < 1.29 is 17.1 Å². The van der Waals surface area contributed by atoms with Crippen molar-refractivity contribution in [2.45, 2.75) is 0 Å². The van der Waals surface area contributed by atoms with E-state index in [0.717, 1.165) is 11.1 Å². The number of rotatable bonds is 2. The van der Waals surface area contributed by atoms with E-state index in [1.807, 2.05) is 66.7 Å². The molecule has 0 aromatic heterocycles. The SMILES string of the molecule is N#CC(=Cc1ccccc1)c1ccccc1.[Fe]. The van der Waals surface area contributed by atoms with Gasteiger partial charge in [-0.3, -0.25) is 0 Å². The molecule has 0 saturated carbocycles. The normalized spacial score (nSPS) is 10.2. The fraction of sp³-hybridized carbons (Fsp3) is 0. The molecule has 17 heavy (non-hydrogen) atoms. The first kappa shape index (κ1) is 13.3. The predicted octanol–water partition coefficient (Wildman–Crippen LogP) is 3.75. The maximum atomic E-state index is 9.12. The first-order valence-electron chi connectivity index (χ1n) is 5.12. The van der Waals surface area contributed by atoms with Crippen molar-refractivity contribution in [2.24, 2.45) is 0 Å². The van der Waals surface area contributed by atoms with Crippen LogP contribution in [0.1, 0.15) is 11.1 Å². The monoisotopic (exact) mass is 261 g/mol. The standard InChI is InChI=1S/C15H11N.Fe/c16-12-15(14-9-5-2-6-10-14)11-13-7-3-1-4-8-13;/h1-11H;. The number of hydrogen-bond acceptors (Lipinski definition) is 1. The van der Waals surface area contributed by atoms with Gasteiger partial charge in [-0.25, -0.2) is 0 Å². The van der Waals surface area contributed by atoms with Gasteiger partial charge in [0, 0.05) is 17.1 Å². The van der Waals surface area contributed by atoms with Gasteiger partial charge < -0.3 is 0 Å². The fourth-order valence-electron chi connectivity index (χ4n) is 1.51. The van der Waals surface area contributed by atoms with E-state index in [2.05, 4.69) is 6.07 Å². The number of benzene rings is 2. The van der Waals surface area contributed by atoms with Crippen molar-refractivity contribution >= 4 is 11.6 Å². The summed E-state index contributed by atoms with van der Waals surface area (Å²) < 4.78 is 0. The average Bonchev–Trinajstić information content (AvgIpc) is 2.38. The molecule has 2 rings (SSSR count). The van der Waals surface area contributed by atoms with E-state index in [1.54, 1.807) is 0 Å². The van der Waals surface area contributed by atoms with Crippen molar-refractivity contribution in [2.75, 3.05) is 0 Å². The minimum atomic E-state index is 0. The zero-order valence-corrected chi connectivity index (χ0v) is 10.3. The molecular weight excluding hydrogens is 250 g/mol. The third kappa shape index (κ3) is 3.60. The molecule has 0 amide bonds. The van der Waals surface area contributed by atoms with E-state index >= 15 is 0 Å². The van der Waals surface area contributed by atoms with Crippen molar-refractivity contribution in [1.82, 2.24) is 0 Å². The van der Waals surface area contributed by atoms with E-state index in [4.69, 9.17) is 5.26 Å². The predicted molar refractivity (Wildman–Crippen MR) is 66.4 cm³/mol. The number of nitrogens with zero attached hydrogens (tertiary/aromatic N) is 1. The van der Waals surface area contributed by atoms with Gasteiger partial charge in [0.1, 0.15) is 0 Å². The van der Waals surface area contributed by atoms with Gasteiger partial charge >= 0.3 is 0 Å². The molecule has 0 aliphatic heterocycles. The molecule has 0 bridgehead atoms. The molecule has 2 aromatic carbocycles. The molecule has 0 radical (unpaired) electrons. The van der Waals surface area contributed by atoms with Gasteiger partial charge in [0.2, 0.25) is 0 Å². The molecule has 0 N–H and O–H groups in total. The summed E-state index contributed by atoms with van der Waals surface area (Å²) in [5, 5.41) is 9.12. The van der Waals surface area contributed by atoms with Crippen LogP contribution in [-0.2, 0) is 17.1 Å². The van der Waals surface area contributed by atoms with Crippen LogP contribution >= 0.6 is 0 Å². The van der Waals surface area contributed by atoms with Gasteiger partial charge in [-0.05, 0) is 17.2 Å².